The van der Waals surface area contributed by atoms with Crippen LogP contribution >= 0.6 is 15.9 Å². The van der Waals surface area contributed by atoms with Gasteiger partial charge in [0.1, 0.15) is 0 Å². The van der Waals surface area contributed by atoms with E-state index in [1.807, 2.05) is 49.4 Å². The van der Waals surface area contributed by atoms with Gasteiger partial charge in [-0.1, -0.05) is 58.4 Å². The van der Waals surface area contributed by atoms with E-state index in [0.29, 0.717) is 16.9 Å². The molecule has 0 spiro atoms. The Bertz CT molecular complexity index is 1530. The van der Waals surface area contributed by atoms with Crippen LogP contribution in [0.25, 0.3) is 21.7 Å². The van der Waals surface area contributed by atoms with Crippen LogP contribution in [0.4, 0.5) is 11.4 Å². The highest BCUT2D eigenvalue weighted by Gasteiger charge is 2.14. The van der Waals surface area contributed by atoms with Crippen molar-refractivity contribution in [1.82, 2.24) is 10.3 Å². The number of aromatic hydroxyl groups is 1. The van der Waals surface area contributed by atoms with Gasteiger partial charge in [-0.15, -0.1) is 5.11 Å². The van der Waals surface area contributed by atoms with Crippen molar-refractivity contribution in [2.24, 2.45) is 10.2 Å². The summed E-state index contributed by atoms with van der Waals surface area (Å²) in [6, 6.07) is 26.6. The summed E-state index contributed by atoms with van der Waals surface area (Å²) in [4.78, 5) is 15.7. The van der Waals surface area contributed by atoms with Crippen LogP contribution in [-0.4, -0.2) is 16.0 Å². The standard InChI is InChI=1S/C27H21BrN4O2/c1-16(21-8-4-6-17-5-2-3-7-22(17)21)29-26(33)18-9-12-20(13-10-18)31-32-25-23-15-19(28)11-14-24(23)30-27(25)34/h2-16,30,34H,1H3,(H,29,33)/t16-/m1/s1. The molecule has 0 bridgehead atoms. The third kappa shape index (κ3) is 4.30. The van der Waals surface area contributed by atoms with Crippen molar-refractivity contribution >= 4 is 54.9 Å². The van der Waals surface area contributed by atoms with Gasteiger partial charge in [-0.25, -0.2) is 0 Å². The molecule has 5 rings (SSSR count). The molecule has 7 heteroatoms. The fraction of sp³-hybridized carbons (Fsp3) is 0.0741. The van der Waals surface area contributed by atoms with E-state index in [0.717, 1.165) is 31.7 Å². The van der Waals surface area contributed by atoms with Gasteiger partial charge in [0, 0.05) is 15.4 Å². The summed E-state index contributed by atoms with van der Waals surface area (Å²) in [5.41, 5.74) is 3.30. The van der Waals surface area contributed by atoms with Gasteiger partial charge >= 0.3 is 0 Å². The van der Waals surface area contributed by atoms with Crippen molar-refractivity contribution < 1.29 is 9.90 Å². The summed E-state index contributed by atoms with van der Waals surface area (Å²) in [6.07, 6.45) is 0. The molecule has 6 nitrogen and oxygen atoms in total. The molecule has 168 valence electrons. The first-order valence-corrected chi connectivity index (χ1v) is 11.6. The second kappa shape index (κ2) is 9.11. The number of azo groups is 1. The van der Waals surface area contributed by atoms with Crippen molar-refractivity contribution in [2.45, 2.75) is 13.0 Å². The monoisotopic (exact) mass is 512 g/mol. The van der Waals surface area contributed by atoms with Gasteiger partial charge in [0.15, 0.2) is 5.69 Å². The minimum Gasteiger partial charge on any atom is -0.493 e. The molecule has 0 fully saturated rings. The lowest BCUT2D eigenvalue weighted by Crippen LogP contribution is -2.26. The smallest absolute Gasteiger partial charge is 0.251 e. The number of carbonyl (C=O) groups excluding carboxylic acids is 1. The Labute approximate surface area is 204 Å². The number of aromatic amines is 1. The third-order valence-electron chi connectivity index (χ3n) is 5.75. The first kappa shape index (κ1) is 21.9. The van der Waals surface area contributed by atoms with Gasteiger partial charge in [0.05, 0.1) is 17.2 Å². The second-order valence-electron chi connectivity index (χ2n) is 8.02. The number of rotatable bonds is 5. The number of halogens is 1. The normalized spacial score (nSPS) is 12.4. The summed E-state index contributed by atoms with van der Waals surface area (Å²) in [7, 11) is 0. The maximum absolute atomic E-state index is 12.8. The SMILES string of the molecule is C[C@@H](NC(=O)c1ccc(N=Nc2c(O)[nH]c3ccc(Br)cc23)cc1)c1cccc2ccccc12. The highest BCUT2D eigenvalue weighted by atomic mass is 79.9. The predicted molar refractivity (Wildman–Crippen MR) is 138 cm³/mol. The molecule has 0 aliphatic rings. The molecule has 5 aromatic rings. The number of hydrogen-bond acceptors (Lipinski definition) is 4. The van der Waals surface area contributed by atoms with E-state index in [9.17, 15) is 9.90 Å². The number of hydrogen-bond donors (Lipinski definition) is 3. The van der Waals surface area contributed by atoms with E-state index in [1.54, 1.807) is 24.3 Å². The van der Waals surface area contributed by atoms with E-state index < -0.39 is 0 Å². The fourth-order valence-electron chi connectivity index (χ4n) is 4.01. The van der Waals surface area contributed by atoms with Crippen molar-refractivity contribution in [3.8, 4) is 5.88 Å². The molecule has 3 N–H and O–H groups in total. The van der Waals surface area contributed by atoms with E-state index in [2.05, 4.69) is 54.7 Å². The minimum atomic E-state index is -0.164. The largest absolute Gasteiger partial charge is 0.493 e. The molecular formula is C27H21BrN4O2. The molecule has 1 heterocycles. The zero-order valence-electron chi connectivity index (χ0n) is 18.3. The fourth-order valence-corrected chi connectivity index (χ4v) is 4.37. The summed E-state index contributed by atoms with van der Waals surface area (Å²) in [6.45, 7) is 1.98. The van der Waals surface area contributed by atoms with E-state index in [1.165, 1.54) is 0 Å². The van der Waals surface area contributed by atoms with Crippen LogP contribution in [0.15, 0.2) is 99.6 Å². The Morgan fingerprint density at radius 3 is 2.53 bits per heavy atom. The highest BCUT2D eigenvalue weighted by Crippen LogP contribution is 2.37. The lowest BCUT2D eigenvalue weighted by Gasteiger charge is -2.16. The highest BCUT2D eigenvalue weighted by molar-refractivity contribution is 9.10. The molecule has 0 saturated carbocycles. The summed E-state index contributed by atoms with van der Waals surface area (Å²) in [5, 5.41) is 24.7. The van der Waals surface area contributed by atoms with Crippen molar-refractivity contribution in [1.29, 1.82) is 0 Å². The lowest BCUT2D eigenvalue weighted by molar-refractivity contribution is 0.0940. The van der Waals surface area contributed by atoms with E-state index >= 15 is 0 Å². The van der Waals surface area contributed by atoms with Crippen LogP contribution in [-0.2, 0) is 0 Å². The number of nitrogens with zero attached hydrogens (tertiary/aromatic N) is 2. The lowest BCUT2D eigenvalue weighted by atomic mass is 9.99. The Morgan fingerprint density at radius 1 is 0.941 bits per heavy atom. The maximum atomic E-state index is 12.8. The number of H-pyrrole nitrogens is 1. The van der Waals surface area contributed by atoms with Crippen molar-refractivity contribution in [3.05, 3.63) is 101 Å². The predicted octanol–water partition coefficient (Wildman–Crippen LogP) is 7.70. The van der Waals surface area contributed by atoms with Gasteiger partial charge in [0.2, 0.25) is 5.88 Å². The van der Waals surface area contributed by atoms with Gasteiger partial charge < -0.3 is 15.4 Å². The second-order valence-corrected chi connectivity index (χ2v) is 8.94. The first-order chi connectivity index (χ1) is 16.5. The first-order valence-electron chi connectivity index (χ1n) is 10.8. The summed E-state index contributed by atoms with van der Waals surface area (Å²) in [5.74, 6) is -0.210. The molecule has 1 amide bonds. The number of aromatic nitrogens is 1. The van der Waals surface area contributed by atoms with Crippen LogP contribution in [0.3, 0.4) is 0 Å². The molecular weight excluding hydrogens is 492 g/mol. The average molecular weight is 513 g/mol. The quantitative estimate of drug-likeness (QED) is 0.210. The number of fused-ring (bicyclic) bond motifs is 2. The van der Waals surface area contributed by atoms with Crippen molar-refractivity contribution in [2.75, 3.05) is 0 Å². The number of carbonyl (C=O) groups is 1. The van der Waals surface area contributed by atoms with Crippen LogP contribution < -0.4 is 5.32 Å². The molecule has 34 heavy (non-hydrogen) atoms. The zero-order chi connectivity index (χ0) is 23.7. The Kier molecular flexibility index (Phi) is 5.86. The summed E-state index contributed by atoms with van der Waals surface area (Å²) < 4.78 is 0.878. The van der Waals surface area contributed by atoms with Gasteiger partial charge in [0.25, 0.3) is 5.91 Å². The Hall–Kier alpha value is -3.97. The van der Waals surface area contributed by atoms with E-state index in [-0.39, 0.29) is 17.8 Å². The molecule has 0 unspecified atom stereocenters. The number of nitrogens with one attached hydrogen (secondary N) is 2. The molecule has 0 aliphatic carbocycles. The van der Waals surface area contributed by atoms with Gasteiger partial charge in [-0.05, 0) is 65.7 Å². The molecule has 0 saturated heterocycles. The van der Waals surface area contributed by atoms with Gasteiger partial charge in [-0.2, -0.15) is 5.11 Å². The molecule has 1 aromatic heterocycles. The van der Waals surface area contributed by atoms with Crippen molar-refractivity contribution in [3.63, 3.8) is 0 Å². The Balaban J connectivity index is 1.32. The van der Waals surface area contributed by atoms with Crippen LogP contribution in [0.5, 0.6) is 5.88 Å². The topological polar surface area (TPSA) is 89.8 Å². The maximum Gasteiger partial charge on any atom is 0.251 e. The molecule has 0 radical (unpaired) electrons. The minimum absolute atomic E-state index is 0.0460. The number of benzene rings is 4. The summed E-state index contributed by atoms with van der Waals surface area (Å²) >= 11 is 3.43. The number of amides is 1. The third-order valence-corrected chi connectivity index (χ3v) is 6.24. The molecule has 0 aliphatic heterocycles. The zero-order valence-corrected chi connectivity index (χ0v) is 19.9. The van der Waals surface area contributed by atoms with E-state index in [4.69, 9.17) is 0 Å². The van der Waals surface area contributed by atoms with Crippen LogP contribution in [0, 0.1) is 0 Å². The van der Waals surface area contributed by atoms with Crippen LogP contribution in [0.2, 0.25) is 0 Å². The molecule has 1 atom stereocenters. The van der Waals surface area contributed by atoms with Crippen LogP contribution in [0.1, 0.15) is 28.9 Å². The van der Waals surface area contributed by atoms with Gasteiger partial charge in [-0.3, -0.25) is 4.79 Å². The molecule has 4 aromatic carbocycles. The average Bonchev–Trinajstić information content (AvgIpc) is 3.16. The Morgan fingerprint density at radius 2 is 1.71 bits per heavy atom.